The molecule has 0 amide bonds. The van der Waals surface area contributed by atoms with Crippen LogP contribution in [0.4, 0.5) is 0 Å². The molecule has 0 aromatic heterocycles. The van der Waals surface area contributed by atoms with E-state index in [1.807, 2.05) is 13.8 Å². The quantitative estimate of drug-likeness (QED) is 0.403. The Morgan fingerprint density at radius 3 is 1.88 bits per heavy atom. The van der Waals surface area contributed by atoms with E-state index >= 15 is 0 Å². The lowest BCUT2D eigenvalue weighted by Crippen LogP contribution is -2.40. The fourth-order valence-corrected chi connectivity index (χ4v) is 0.431. The molecule has 0 aliphatic heterocycles. The van der Waals surface area contributed by atoms with Crippen molar-refractivity contribution in [3.63, 3.8) is 0 Å². The second kappa shape index (κ2) is 3.02. The van der Waals surface area contributed by atoms with E-state index in [9.17, 15) is 0 Å². The summed E-state index contributed by atoms with van der Waals surface area (Å²) in [7, 11) is 1.55. The number of hydrogen-bond acceptors (Lipinski definition) is 3. The number of rotatable bonds is 2. The van der Waals surface area contributed by atoms with E-state index in [1.165, 1.54) is 0 Å². The van der Waals surface area contributed by atoms with Crippen molar-refractivity contribution in [2.75, 3.05) is 7.05 Å². The van der Waals surface area contributed by atoms with Gasteiger partial charge < -0.3 is 10.9 Å². The van der Waals surface area contributed by atoms with E-state index in [0.29, 0.717) is 5.92 Å². The van der Waals surface area contributed by atoms with Gasteiger partial charge in [-0.25, -0.2) is 0 Å². The van der Waals surface area contributed by atoms with Gasteiger partial charge >= 0.3 is 0 Å². The Morgan fingerprint density at radius 2 is 1.88 bits per heavy atom. The van der Waals surface area contributed by atoms with Crippen LogP contribution in [0.1, 0.15) is 13.8 Å². The van der Waals surface area contributed by atoms with Crippen LogP contribution in [0.3, 0.4) is 0 Å². The minimum atomic E-state index is -0.241. The van der Waals surface area contributed by atoms with Crippen LogP contribution >= 0.6 is 0 Å². The lowest BCUT2D eigenvalue weighted by atomic mass is 10.2. The minimum absolute atomic E-state index is 0.241. The number of hydroxylamine groups is 2. The summed E-state index contributed by atoms with van der Waals surface area (Å²) < 4.78 is 0. The Hall–Kier alpha value is -0.120. The van der Waals surface area contributed by atoms with Crippen molar-refractivity contribution in [1.29, 1.82) is 0 Å². The molecular formula is C5H14N2O. The molecule has 0 rings (SSSR count). The summed E-state index contributed by atoms with van der Waals surface area (Å²) in [6.45, 7) is 3.91. The monoisotopic (exact) mass is 118 g/mol. The molecule has 0 heterocycles. The van der Waals surface area contributed by atoms with E-state index in [-0.39, 0.29) is 6.17 Å². The highest BCUT2D eigenvalue weighted by Crippen LogP contribution is 1.98. The van der Waals surface area contributed by atoms with Crippen molar-refractivity contribution in [3.05, 3.63) is 0 Å². The van der Waals surface area contributed by atoms with Gasteiger partial charge in [0.2, 0.25) is 0 Å². The summed E-state index contributed by atoms with van der Waals surface area (Å²) in [5.74, 6) is 0.296. The third kappa shape index (κ3) is 2.26. The van der Waals surface area contributed by atoms with Gasteiger partial charge in [0.15, 0.2) is 0 Å². The first-order valence-electron chi connectivity index (χ1n) is 2.73. The van der Waals surface area contributed by atoms with Crippen molar-refractivity contribution < 1.29 is 5.21 Å². The van der Waals surface area contributed by atoms with Gasteiger partial charge in [-0.05, 0) is 5.92 Å². The molecule has 0 saturated carbocycles. The molecule has 0 aliphatic rings. The number of nitrogens with two attached hydrogens (primary N) is 1. The van der Waals surface area contributed by atoms with E-state index in [2.05, 4.69) is 0 Å². The van der Waals surface area contributed by atoms with Gasteiger partial charge in [-0.1, -0.05) is 13.8 Å². The SMILES string of the molecule is CC(C)C(N)N(C)O. The average Bonchev–Trinajstić information content (AvgIpc) is 1.64. The summed E-state index contributed by atoms with van der Waals surface area (Å²) in [5, 5.41) is 9.72. The molecule has 0 aromatic carbocycles. The van der Waals surface area contributed by atoms with Gasteiger partial charge in [-0.2, -0.15) is 5.06 Å². The van der Waals surface area contributed by atoms with Crippen molar-refractivity contribution in [2.24, 2.45) is 11.7 Å². The third-order valence-corrected chi connectivity index (χ3v) is 1.11. The van der Waals surface area contributed by atoms with Gasteiger partial charge in [0.05, 0.1) is 6.17 Å². The fourth-order valence-electron chi connectivity index (χ4n) is 0.431. The van der Waals surface area contributed by atoms with Crippen LogP contribution in [0.2, 0.25) is 0 Å². The lowest BCUT2D eigenvalue weighted by Gasteiger charge is -2.20. The molecule has 50 valence electrons. The molecular weight excluding hydrogens is 104 g/mol. The zero-order valence-electron chi connectivity index (χ0n) is 5.63. The first kappa shape index (κ1) is 7.88. The molecule has 3 nitrogen and oxygen atoms in total. The Balaban J connectivity index is 3.46. The fraction of sp³-hybridized carbons (Fsp3) is 1.00. The smallest absolute Gasteiger partial charge is 0.0835 e. The molecule has 0 saturated heterocycles. The predicted molar refractivity (Wildman–Crippen MR) is 32.4 cm³/mol. The maximum absolute atomic E-state index is 8.70. The second-order valence-electron chi connectivity index (χ2n) is 2.31. The van der Waals surface area contributed by atoms with Crippen LogP contribution in [-0.2, 0) is 0 Å². The standard InChI is InChI=1S/C5H14N2O/c1-4(2)5(6)7(3)8/h4-5,8H,6H2,1-3H3. The molecule has 0 spiro atoms. The summed E-state index contributed by atoms with van der Waals surface area (Å²) in [4.78, 5) is 0. The maximum atomic E-state index is 8.70. The molecule has 3 N–H and O–H groups in total. The van der Waals surface area contributed by atoms with Gasteiger partial charge in [0, 0.05) is 7.05 Å². The van der Waals surface area contributed by atoms with Crippen LogP contribution in [0, 0.1) is 5.92 Å². The Bertz CT molecular complexity index is 55.4. The maximum Gasteiger partial charge on any atom is 0.0835 e. The van der Waals surface area contributed by atoms with Gasteiger partial charge in [0.25, 0.3) is 0 Å². The largest absolute Gasteiger partial charge is 0.314 e. The van der Waals surface area contributed by atoms with E-state index in [1.54, 1.807) is 7.05 Å². The van der Waals surface area contributed by atoms with Gasteiger partial charge in [-0.3, -0.25) is 0 Å². The Kier molecular flexibility index (Phi) is 2.97. The highest BCUT2D eigenvalue weighted by Gasteiger charge is 2.09. The molecule has 0 radical (unpaired) electrons. The predicted octanol–water partition coefficient (Wildman–Crippen LogP) is 0.248. The van der Waals surface area contributed by atoms with Crippen LogP contribution < -0.4 is 5.73 Å². The van der Waals surface area contributed by atoms with Crippen molar-refractivity contribution in [1.82, 2.24) is 5.06 Å². The highest BCUT2D eigenvalue weighted by molar-refractivity contribution is 4.56. The minimum Gasteiger partial charge on any atom is -0.314 e. The molecule has 0 bridgehead atoms. The van der Waals surface area contributed by atoms with Gasteiger partial charge in [0.1, 0.15) is 0 Å². The highest BCUT2D eigenvalue weighted by atomic mass is 16.5. The summed E-state index contributed by atoms with van der Waals surface area (Å²) in [6, 6.07) is 0. The topological polar surface area (TPSA) is 49.5 Å². The number of nitrogens with zero attached hydrogens (tertiary/aromatic N) is 1. The van der Waals surface area contributed by atoms with E-state index in [4.69, 9.17) is 10.9 Å². The first-order valence-corrected chi connectivity index (χ1v) is 2.73. The zero-order chi connectivity index (χ0) is 6.73. The van der Waals surface area contributed by atoms with Crippen molar-refractivity contribution in [2.45, 2.75) is 20.0 Å². The van der Waals surface area contributed by atoms with E-state index in [0.717, 1.165) is 5.06 Å². The summed E-state index contributed by atoms with van der Waals surface area (Å²) in [6.07, 6.45) is -0.241. The summed E-state index contributed by atoms with van der Waals surface area (Å²) in [5.41, 5.74) is 5.44. The number of hydrogen-bond donors (Lipinski definition) is 2. The first-order chi connectivity index (χ1) is 3.55. The molecule has 8 heavy (non-hydrogen) atoms. The average molecular weight is 118 g/mol. The Morgan fingerprint density at radius 1 is 1.50 bits per heavy atom. The Labute approximate surface area is 50.0 Å². The molecule has 0 aromatic rings. The molecule has 0 fully saturated rings. The van der Waals surface area contributed by atoms with Crippen LogP contribution in [0.25, 0.3) is 0 Å². The normalized spacial score (nSPS) is 15.4. The lowest BCUT2D eigenvalue weighted by molar-refractivity contribution is -0.113. The van der Waals surface area contributed by atoms with Crippen molar-refractivity contribution in [3.8, 4) is 0 Å². The molecule has 0 aliphatic carbocycles. The molecule has 1 unspecified atom stereocenters. The van der Waals surface area contributed by atoms with Gasteiger partial charge in [-0.15, -0.1) is 0 Å². The third-order valence-electron chi connectivity index (χ3n) is 1.11. The van der Waals surface area contributed by atoms with Crippen molar-refractivity contribution >= 4 is 0 Å². The molecule has 1 atom stereocenters. The van der Waals surface area contributed by atoms with E-state index < -0.39 is 0 Å². The van der Waals surface area contributed by atoms with Crippen LogP contribution in [-0.4, -0.2) is 23.5 Å². The second-order valence-corrected chi connectivity index (χ2v) is 2.31. The van der Waals surface area contributed by atoms with Crippen LogP contribution in [0.5, 0.6) is 0 Å². The molecule has 3 heteroatoms. The zero-order valence-corrected chi connectivity index (χ0v) is 5.63. The summed E-state index contributed by atoms with van der Waals surface area (Å²) >= 11 is 0. The van der Waals surface area contributed by atoms with Crippen LogP contribution in [0.15, 0.2) is 0 Å².